The summed E-state index contributed by atoms with van der Waals surface area (Å²) in [6.45, 7) is 4.74. The van der Waals surface area contributed by atoms with E-state index in [0.29, 0.717) is 12.5 Å². The molecule has 6 nitrogen and oxygen atoms in total. The second-order valence-electron chi connectivity index (χ2n) is 7.56. The maximum absolute atomic E-state index is 13.3. The van der Waals surface area contributed by atoms with E-state index in [1.807, 2.05) is 37.7 Å². The first kappa shape index (κ1) is 19.7. The Bertz CT molecular complexity index is 1280. The summed E-state index contributed by atoms with van der Waals surface area (Å²) < 4.78 is 21.1. The smallest absolute Gasteiger partial charge is 0.218 e. The lowest BCUT2D eigenvalue weighted by atomic mass is 10.2. The number of fused-ring (bicyclic) bond motifs is 1. The van der Waals surface area contributed by atoms with Crippen molar-refractivity contribution >= 4 is 33.8 Å². The normalized spacial score (nSPS) is 15.9. The van der Waals surface area contributed by atoms with Gasteiger partial charge in [-0.25, -0.2) is 19.4 Å². The SMILES string of the molecule is CCc1nc2ccc(C3=NC(C)CO3)cn2c1N(C)c1nc(-c2ccc(F)cc2)cs1. The molecule has 0 aliphatic carbocycles. The highest BCUT2D eigenvalue weighted by molar-refractivity contribution is 7.14. The number of aryl methyl sites for hydroxylation is 1. The van der Waals surface area contributed by atoms with Crippen molar-refractivity contribution in [3.63, 3.8) is 0 Å². The van der Waals surface area contributed by atoms with Gasteiger partial charge in [-0.2, -0.15) is 0 Å². The van der Waals surface area contributed by atoms with Gasteiger partial charge in [0.25, 0.3) is 0 Å². The number of halogens is 1. The molecule has 1 unspecified atom stereocenters. The van der Waals surface area contributed by atoms with Crippen molar-refractivity contribution in [1.29, 1.82) is 0 Å². The number of aliphatic imine (C=N–C) groups is 1. The van der Waals surface area contributed by atoms with Crippen LogP contribution in [0.1, 0.15) is 25.1 Å². The van der Waals surface area contributed by atoms with E-state index in [4.69, 9.17) is 14.7 Å². The Balaban J connectivity index is 1.55. The topological polar surface area (TPSA) is 55.0 Å². The number of anilines is 2. The van der Waals surface area contributed by atoms with Gasteiger partial charge < -0.3 is 9.64 Å². The first-order chi connectivity index (χ1) is 15.0. The van der Waals surface area contributed by atoms with Gasteiger partial charge in [0.15, 0.2) is 5.13 Å². The van der Waals surface area contributed by atoms with Crippen LogP contribution >= 0.6 is 11.3 Å². The maximum Gasteiger partial charge on any atom is 0.218 e. The number of ether oxygens (including phenoxy) is 1. The molecule has 8 heteroatoms. The van der Waals surface area contributed by atoms with Gasteiger partial charge in [-0.1, -0.05) is 6.92 Å². The lowest BCUT2D eigenvalue weighted by Crippen LogP contribution is -2.14. The molecule has 1 aliphatic heterocycles. The zero-order valence-electron chi connectivity index (χ0n) is 17.5. The molecule has 0 amide bonds. The molecule has 1 aromatic carbocycles. The van der Waals surface area contributed by atoms with E-state index in [2.05, 4.69) is 21.2 Å². The summed E-state index contributed by atoms with van der Waals surface area (Å²) in [6, 6.07) is 10.6. The molecule has 31 heavy (non-hydrogen) atoms. The van der Waals surface area contributed by atoms with Gasteiger partial charge in [0, 0.05) is 24.2 Å². The van der Waals surface area contributed by atoms with Crippen molar-refractivity contribution < 1.29 is 9.13 Å². The zero-order valence-corrected chi connectivity index (χ0v) is 18.4. The van der Waals surface area contributed by atoms with Crippen molar-refractivity contribution in [1.82, 2.24) is 14.4 Å². The lowest BCUT2D eigenvalue weighted by Gasteiger charge is -2.17. The first-order valence-electron chi connectivity index (χ1n) is 10.2. The van der Waals surface area contributed by atoms with Gasteiger partial charge >= 0.3 is 0 Å². The molecule has 0 fully saturated rings. The van der Waals surface area contributed by atoms with Crippen molar-refractivity contribution in [2.75, 3.05) is 18.6 Å². The molecule has 5 rings (SSSR count). The van der Waals surface area contributed by atoms with Crippen LogP contribution in [-0.2, 0) is 11.2 Å². The Morgan fingerprint density at radius 2 is 1.94 bits per heavy atom. The number of pyridine rings is 1. The summed E-state index contributed by atoms with van der Waals surface area (Å²) in [6.07, 6.45) is 2.82. The molecule has 3 aromatic heterocycles. The molecule has 0 saturated heterocycles. The molecule has 1 atom stereocenters. The van der Waals surface area contributed by atoms with Crippen LogP contribution in [0.15, 0.2) is 53.0 Å². The minimum Gasteiger partial charge on any atom is -0.475 e. The highest BCUT2D eigenvalue weighted by Gasteiger charge is 2.21. The molecule has 0 radical (unpaired) electrons. The molecule has 1 aliphatic rings. The fourth-order valence-electron chi connectivity index (χ4n) is 3.69. The molecule has 158 valence electrons. The van der Waals surface area contributed by atoms with Gasteiger partial charge in [-0.15, -0.1) is 11.3 Å². The van der Waals surface area contributed by atoms with Crippen LogP contribution in [0.4, 0.5) is 15.3 Å². The molecule has 4 heterocycles. The summed E-state index contributed by atoms with van der Waals surface area (Å²) in [4.78, 5) is 16.2. The highest BCUT2D eigenvalue weighted by Crippen LogP contribution is 2.34. The summed E-state index contributed by atoms with van der Waals surface area (Å²) in [5.41, 5.74) is 4.49. The Hall–Kier alpha value is -3.26. The molecule has 4 aromatic rings. The van der Waals surface area contributed by atoms with E-state index in [9.17, 15) is 4.39 Å². The second kappa shape index (κ2) is 7.77. The van der Waals surface area contributed by atoms with Crippen LogP contribution in [-0.4, -0.2) is 40.0 Å². The van der Waals surface area contributed by atoms with Gasteiger partial charge in [0.05, 0.1) is 23.0 Å². The minimum absolute atomic E-state index is 0.169. The van der Waals surface area contributed by atoms with Gasteiger partial charge in [-0.05, 0) is 49.7 Å². The maximum atomic E-state index is 13.3. The Morgan fingerprint density at radius 1 is 1.16 bits per heavy atom. The van der Waals surface area contributed by atoms with Gasteiger partial charge in [0.1, 0.15) is 23.9 Å². The van der Waals surface area contributed by atoms with Crippen molar-refractivity contribution in [3.8, 4) is 11.3 Å². The average molecular weight is 436 g/mol. The predicted molar refractivity (Wildman–Crippen MR) is 122 cm³/mol. The summed E-state index contributed by atoms with van der Waals surface area (Å²) in [5.74, 6) is 1.38. The third kappa shape index (κ3) is 3.57. The van der Waals surface area contributed by atoms with E-state index in [-0.39, 0.29) is 11.9 Å². The summed E-state index contributed by atoms with van der Waals surface area (Å²) in [5, 5.41) is 2.83. The Labute approximate surface area is 183 Å². The molecular formula is C23H22FN5OS. The lowest BCUT2D eigenvalue weighted by molar-refractivity contribution is 0.324. The predicted octanol–water partition coefficient (Wildman–Crippen LogP) is 5.09. The largest absolute Gasteiger partial charge is 0.475 e. The number of nitrogens with zero attached hydrogens (tertiary/aromatic N) is 5. The van der Waals surface area contributed by atoms with Crippen LogP contribution in [0.5, 0.6) is 0 Å². The van der Waals surface area contributed by atoms with Crippen LogP contribution in [0.3, 0.4) is 0 Å². The third-order valence-electron chi connectivity index (χ3n) is 5.28. The number of thiazole rings is 1. The van der Waals surface area contributed by atoms with E-state index in [1.165, 1.54) is 12.1 Å². The standard InChI is InChI=1S/C23H22FN5OS/c1-4-18-22(28(3)23-27-19(13-31-23)15-5-8-17(24)9-6-15)29-11-16(7-10-20(29)26-18)21-25-14(2)12-30-21/h5-11,13-14H,4,12H2,1-3H3. The van der Waals surface area contributed by atoms with E-state index in [1.54, 1.807) is 23.5 Å². The number of rotatable bonds is 5. The first-order valence-corrected chi connectivity index (χ1v) is 11.1. The molecule has 0 spiro atoms. The van der Waals surface area contributed by atoms with Gasteiger partial charge in [0.2, 0.25) is 5.90 Å². The quantitative estimate of drug-likeness (QED) is 0.438. The fraction of sp³-hybridized carbons (Fsp3) is 0.261. The minimum atomic E-state index is -0.254. The summed E-state index contributed by atoms with van der Waals surface area (Å²) >= 11 is 1.54. The van der Waals surface area contributed by atoms with Crippen LogP contribution in [0, 0.1) is 5.82 Å². The Kier molecular flexibility index (Phi) is 4.94. The number of benzene rings is 1. The fourth-order valence-corrected chi connectivity index (χ4v) is 4.50. The number of hydrogen-bond donors (Lipinski definition) is 0. The van der Waals surface area contributed by atoms with E-state index in [0.717, 1.165) is 45.5 Å². The molecule has 0 N–H and O–H groups in total. The summed E-state index contributed by atoms with van der Waals surface area (Å²) in [7, 11) is 1.99. The number of aromatic nitrogens is 3. The van der Waals surface area contributed by atoms with Crippen molar-refractivity contribution in [2.45, 2.75) is 26.3 Å². The average Bonchev–Trinajstić information content (AvgIpc) is 3.51. The van der Waals surface area contributed by atoms with E-state index >= 15 is 0 Å². The van der Waals surface area contributed by atoms with Crippen LogP contribution in [0.2, 0.25) is 0 Å². The molecular weight excluding hydrogens is 413 g/mol. The second-order valence-corrected chi connectivity index (χ2v) is 8.39. The molecule has 0 bridgehead atoms. The third-order valence-corrected chi connectivity index (χ3v) is 6.20. The van der Waals surface area contributed by atoms with Crippen LogP contribution in [0.25, 0.3) is 16.9 Å². The van der Waals surface area contributed by atoms with Crippen molar-refractivity contribution in [3.05, 3.63) is 65.0 Å². The van der Waals surface area contributed by atoms with E-state index < -0.39 is 0 Å². The van der Waals surface area contributed by atoms with Gasteiger partial charge in [-0.3, -0.25) is 4.40 Å². The number of hydrogen-bond acceptors (Lipinski definition) is 6. The van der Waals surface area contributed by atoms with Crippen molar-refractivity contribution in [2.24, 2.45) is 4.99 Å². The Morgan fingerprint density at radius 3 is 2.65 bits per heavy atom. The van der Waals surface area contributed by atoms with Crippen LogP contribution < -0.4 is 4.90 Å². The molecule has 0 saturated carbocycles. The highest BCUT2D eigenvalue weighted by atomic mass is 32.1. The zero-order chi connectivity index (χ0) is 21.5. The number of imidazole rings is 1. The monoisotopic (exact) mass is 435 g/mol.